The van der Waals surface area contributed by atoms with Crippen LogP contribution in [-0.4, -0.2) is 74.8 Å². The highest BCUT2D eigenvalue weighted by molar-refractivity contribution is 7.80. The van der Waals surface area contributed by atoms with Crippen molar-refractivity contribution < 1.29 is 34.2 Å². The van der Waals surface area contributed by atoms with E-state index in [-0.39, 0.29) is 18.6 Å². The molecule has 0 spiro atoms. The van der Waals surface area contributed by atoms with Gasteiger partial charge in [0.2, 0.25) is 17.7 Å². The van der Waals surface area contributed by atoms with Crippen molar-refractivity contribution >= 4 is 53.2 Å². The van der Waals surface area contributed by atoms with Gasteiger partial charge in [0.25, 0.3) is 0 Å². The highest BCUT2D eigenvalue weighted by Gasteiger charge is 2.30. The van der Waals surface area contributed by atoms with E-state index in [0.29, 0.717) is 0 Å². The normalized spacial score (nSPS) is 14.4. The van der Waals surface area contributed by atoms with Gasteiger partial charge in [-0.05, 0) is 25.0 Å². The molecular weight excluding hydrogens is 478 g/mol. The maximum Gasteiger partial charge on any atom is 0.327 e. The van der Waals surface area contributed by atoms with Crippen LogP contribution in [0.4, 0.5) is 0 Å². The zero-order valence-electron chi connectivity index (χ0n) is 19.0. The number of benzene rings is 1. The number of nitrogens with one attached hydrogen (secondary N) is 4. The highest BCUT2D eigenvalue weighted by atomic mass is 32.1. The molecule has 12 nitrogen and oxygen atoms in total. The summed E-state index contributed by atoms with van der Waals surface area (Å²) in [7, 11) is 0. The third kappa shape index (κ3) is 8.00. The summed E-state index contributed by atoms with van der Waals surface area (Å²) in [5.41, 5.74) is 7.18. The van der Waals surface area contributed by atoms with E-state index < -0.39 is 60.2 Å². The van der Waals surface area contributed by atoms with Crippen LogP contribution in [0.1, 0.15) is 25.3 Å². The van der Waals surface area contributed by atoms with E-state index in [1.807, 2.05) is 24.3 Å². The van der Waals surface area contributed by atoms with Gasteiger partial charge in [0.15, 0.2) is 0 Å². The number of aromatic amines is 1. The van der Waals surface area contributed by atoms with Gasteiger partial charge in [0, 0.05) is 35.7 Å². The maximum atomic E-state index is 13.2. The second-order valence-corrected chi connectivity index (χ2v) is 8.35. The Balaban J connectivity index is 2.27. The van der Waals surface area contributed by atoms with Crippen molar-refractivity contribution in [2.24, 2.45) is 5.73 Å². The summed E-state index contributed by atoms with van der Waals surface area (Å²) < 4.78 is 0. The topological polar surface area (TPSA) is 204 Å². The highest BCUT2D eigenvalue weighted by Crippen LogP contribution is 2.19. The Morgan fingerprint density at radius 1 is 0.971 bits per heavy atom. The van der Waals surface area contributed by atoms with Gasteiger partial charge < -0.3 is 36.9 Å². The summed E-state index contributed by atoms with van der Waals surface area (Å²) in [4.78, 5) is 63.5. The van der Waals surface area contributed by atoms with Crippen LogP contribution < -0.4 is 21.7 Å². The van der Waals surface area contributed by atoms with Crippen LogP contribution in [0.25, 0.3) is 10.9 Å². The van der Waals surface area contributed by atoms with Crippen LogP contribution in [0.15, 0.2) is 30.5 Å². The number of carbonyl (C=O) groups is 5. The number of aromatic nitrogens is 1. The van der Waals surface area contributed by atoms with Crippen molar-refractivity contribution in [2.45, 2.75) is 50.4 Å². The summed E-state index contributed by atoms with van der Waals surface area (Å²) in [6.07, 6.45) is 0.987. The molecule has 0 fully saturated rings. The third-order valence-corrected chi connectivity index (χ3v) is 5.59. The minimum atomic E-state index is -1.36. The fourth-order valence-electron chi connectivity index (χ4n) is 3.30. The van der Waals surface area contributed by atoms with E-state index in [1.54, 1.807) is 6.20 Å². The molecule has 3 amide bonds. The van der Waals surface area contributed by atoms with E-state index in [0.717, 1.165) is 16.5 Å². The van der Waals surface area contributed by atoms with Gasteiger partial charge in [0.05, 0.1) is 6.04 Å². The molecule has 0 aliphatic heterocycles. The van der Waals surface area contributed by atoms with E-state index >= 15 is 0 Å². The fraction of sp³-hybridized carbons (Fsp3) is 0.409. The lowest BCUT2D eigenvalue weighted by Crippen LogP contribution is -2.57. The zero-order valence-corrected chi connectivity index (χ0v) is 19.9. The molecule has 0 radical (unpaired) electrons. The Hall–Kier alpha value is -3.58. The van der Waals surface area contributed by atoms with Crippen LogP contribution in [0.3, 0.4) is 0 Å². The first kappa shape index (κ1) is 27.7. The minimum absolute atomic E-state index is 0.0516. The molecule has 4 atom stereocenters. The van der Waals surface area contributed by atoms with Gasteiger partial charge in [-0.1, -0.05) is 18.2 Å². The quantitative estimate of drug-likeness (QED) is 0.164. The average Bonchev–Trinajstić information content (AvgIpc) is 3.21. The summed E-state index contributed by atoms with van der Waals surface area (Å²) in [5, 5.41) is 26.3. The van der Waals surface area contributed by atoms with Crippen LogP contribution in [-0.2, 0) is 30.4 Å². The molecule has 2 rings (SSSR count). The van der Waals surface area contributed by atoms with Crippen molar-refractivity contribution in [3.05, 3.63) is 36.0 Å². The van der Waals surface area contributed by atoms with Crippen LogP contribution >= 0.6 is 12.6 Å². The number of rotatable bonds is 13. The molecular formula is C22H29N5O7S. The minimum Gasteiger partial charge on any atom is -0.481 e. The molecule has 1 aromatic heterocycles. The number of H-pyrrole nitrogens is 1. The first-order valence-electron chi connectivity index (χ1n) is 10.8. The molecule has 0 bridgehead atoms. The van der Waals surface area contributed by atoms with Crippen molar-refractivity contribution in [1.82, 2.24) is 20.9 Å². The van der Waals surface area contributed by atoms with E-state index in [1.165, 1.54) is 6.92 Å². The molecule has 35 heavy (non-hydrogen) atoms. The number of thiol groups is 1. The molecule has 13 heteroatoms. The summed E-state index contributed by atoms with van der Waals surface area (Å²) >= 11 is 3.88. The SMILES string of the molecule is CC(N)C(=O)NC(Cc1c[nH]c2ccccc12)C(=O)NC(CCC(=O)O)C(=O)NC(CS)C(=O)O. The van der Waals surface area contributed by atoms with Gasteiger partial charge in [0.1, 0.15) is 18.1 Å². The maximum absolute atomic E-state index is 13.2. The molecule has 4 unspecified atom stereocenters. The van der Waals surface area contributed by atoms with Crippen LogP contribution in [0.2, 0.25) is 0 Å². The number of nitrogens with two attached hydrogens (primary N) is 1. The van der Waals surface area contributed by atoms with Crippen LogP contribution in [0, 0.1) is 0 Å². The van der Waals surface area contributed by atoms with Gasteiger partial charge in [-0.2, -0.15) is 12.6 Å². The number of hydrogen-bond acceptors (Lipinski definition) is 7. The van der Waals surface area contributed by atoms with Gasteiger partial charge in [-0.15, -0.1) is 0 Å². The van der Waals surface area contributed by atoms with Crippen molar-refractivity contribution in [2.75, 3.05) is 5.75 Å². The molecule has 1 heterocycles. The number of amides is 3. The summed E-state index contributed by atoms with van der Waals surface area (Å²) in [5.74, 6) is -5.00. The smallest absolute Gasteiger partial charge is 0.327 e. The number of carbonyl (C=O) groups excluding carboxylic acids is 3. The number of aliphatic carboxylic acids is 2. The first-order valence-corrected chi connectivity index (χ1v) is 11.4. The predicted octanol–water partition coefficient (Wildman–Crippen LogP) is -0.609. The average molecular weight is 508 g/mol. The Morgan fingerprint density at radius 3 is 2.17 bits per heavy atom. The predicted molar refractivity (Wildman–Crippen MR) is 130 cm³/mol. The number of fused-ring (bicyclic) bond motifs is 1. The lowest BCUT2D eigenvalue weighted by atomic mass is 10.0. The third-order valence-electron chi connectivity index (χ3n) is 5.22. The second-order valence-electron chi connectivity index (χ2n) is 7.99. The molecule has 2 aromatic rings. The molecule has 8 N–H and O–H groups in total. The van der Waals surface area contributed by atoms with Gasteiger partial charge in [-0.25, -0.2) is 4.79 Å². The second kappa shape index (κ2) is 12.8. The number of carboxylic acids is 2. The Kier molecular flexibility index (Phi) is 10.1. The molecule has 0 saturated heterocycles. The fourth-order valence-corrected chi connectivity index (χ4v) is 3.55. The molecule has 1 aromatic carbocycles. The molecule has 0 saturated carbocycles. The van der Waals surface area contributed by atoms with Gasteiger partial charge in [-0.3, -0.25) is 19.2 Å². The van der Waals surface area contributed by atoms with E-state index in [9.17, 15) is 24.0 Å². The number of hydrogen-bond donors (Lipinski definition) is 8. The monoisotopic (exact) mass is 507 g/mol. The van der Waals surface area contributed by atoms with Crippen molar-refractivity contribution in [3.8, 4) is 0 Å². The number of carboxylic acid groups (broad SMARTS) is 2. The first-order chi connectivity index (χ1) is 16.5. The lowest BCUT2D eigenvalue weighted by molar-refractivity contribution is -0.142. The lowest BCUT2D eigenvalue weighted by Gasteiger charge is -2.24. The summed E-state index contributed by atoms with van der Waals surface area (Å²) in [6.45, 7) is 1.45. The molecule has 190 valence electrons. The Morgan fingerprint density at radius 2 is 1.57 bits per heavy atom. The van der Waals surface area contributed by atoms with Crippen molar-refractivity contribution in [3.63, 3.8) is 0 Å². The molecule has 0 aliphatic carbocycles. The van der Waals surface area contributed by atoms with Crippen molar-refractivity contribution in [1.29, 1.82) is 0 Å². The molecule has 0 aliphatic rings. The largest absolute Gasteiger partial charge is 0.481 e. The van der Waals surface area contributed by atoms with E-state index in [2.05, 4.69) is 33.6 Å². The Bertz CT molecular complexity index is 1090. The summed E-state index contributed by atoms with van der Waals surface area (Å²) in [6, 6.07) is 2.59. The van der Waals surface area contributed by atoms with E-state index in [4.69, 9.17) is 15.9 Å². The van der Waals surface area contributed by atoms with Gasteiger partial charge >= 0.3 is 11.9 Å². The van der Waals surface area contributed by atoms with Crippen LogP contribution in [0.5, 0.6) is 0 Å². The zero-order chi connectivity index (χ0) is 26.1. The standard InChI is InChI=1S/C22H29N5O7S/c1-11(23)19(30)26-16(8-12-9-24-14-5-3-2-4-13(12)14)21(32)25-15(6-7-18(28)29)20(31)27-17(10-35)22(33)34/h2-5,9,11,15-17,24,35H,6-8,10,23H2,1H3,(H,25,32)(H,26,30)(H,27,31)(H,28,29)(H,33,34). The Labute approximate surface area is 206 Å². The number of para-hydroxylation sites is 1.